The van der Waals surface area contributed by atoms with E-state index in [1.165, 1.54) is 51.4 Å². The fourth-order valence-corrected chi connectivity index (χ4v) is 10.4. The summed E-state index contributed by atoms with van der Waals surface area (Å²) in [6.45, 7) is 4.15. The van der Waals surface area contributed by atoms with E-state index >= 15 is 0 Å². The zero-order valence-electron chi connectivity index (χ0n) is 22.4. The highest BCUT2D eigenvalue weighted by molar-refractivity contribution is 14.1. The van der Waals surface area contributed by atoms with E-state index in [1.807, 2.05) is 36.4 Å². The molecule has 0 unspecified atom stereocenters. The minimum atomic E-state index is -0.398. The van der Waals surface area contributed by atoms with Crippen molar-refractivity contribution >= 4 is 51.2 Å². The summed E-state index contributed by atoms with van der Waals surface area (Å²) in [5.41, 5.74) is 0.813. The van der Waals surface area contributed by atoms with Gasteiger partial charge in [0.15, 0.2) is 13.7 Å². The molecule has 0 aromatic heterocycles. The molecule has 7 rings (SSSR count). The smallest absolute Gasteiger partial charge is 0.358 e. The van der Waals surface area contributed by atoms with E-state index in [-0.39, 0.29) is 24.0 Å². The maximum atomic E-state index is 13.2. The van der Waals surface area contributed by atoms with Gasteiger partial charge in [0.05, 0.1) is 7.14 Å². The van der Waals surface area contributed by atoms with Crippen LogP contribution in [0.4, 0.5) is 4.39 Å². The van der Waals surface area contributed by atoms with E-state index in [0.29, 0.717) is 17.6 Å². The Morgan fingerprint density at radius 3 is 2.20 bits per heavy atom. The standard InChI is InChI=1S/C32H31FI3O4/c1-18-9-25(7-8-28(18)36-24-5-3-23(33)4-6-24)39-30-16-26(34)29(15-27(30)35)38-17-31(37)40-32(2)21-11-19-10-20(13-21)14-22(32)12-19/h3-9,15-16,19-22H,10-14,17H2,1-2H3/q+1. The first-order valence-corrected chi connectivity index (χ1v) is 18.0. The van der Waals surface area contributed by atoms with Crippen molar-refractivity contribution in [3.8, 4) is 17.2 Å². The number of halogens is 4. The molecule has 0 aliphatic heterocycles. The first kappa shape index (κ1) is 28.9. The maximum absolute atomic E-state index is 13.2. The number of ether oxygens (including phenoxy) is 3. The molecule has 40 heavy (non-hydrogen) atoms. The Balaban J connectivity index is 1.07. The minimum absolute atomic E-state index is 0.0913. The second-order valence-corrected chi connectivity index (χ2v) is 16.8. The van der Waals surface area contributed by atoms with Crippen molar-refractivity contribution in [3.63, 3.8) is 0 Å². The van der Waals surface area contributed by atoms with Gasteiger partial charge in [-0.25, -0.2) is 9.18 Å². The molecule has 4 aliphatic carbocycles. The molecule has 8 heteroatoms. The van der Waals surface area contributed by atoms with Gasteiger partial charge in [-0.1, -0.05) is 0 Å². The van der Waals surface area contributed by atoms with Crippen LogP contribution < -0.4 is 30.7 Å². The fourth-order valence-electron chi connectivity index (χ4n) is 6.92. The SMILES string of the molecule is Cc1cc(Oc2cc(I)c(OCC(=O)OC3(C)C4CC5CC(C4)CC3C5)cc2I)ccc1[I+]c1ccc(F)cc1. The van der Waals surface area contributed by atoms with Gasteiger partial charge in [0.25, 0.3) is 0 Å². The van der Waals surface area contributed by atoms with Gasteiger partial charge >= 0.3 is 27.2 Å². The molecule has 4 nitrogen and oxygen atoms in total. The Kier molecular flexibility index (Phi) is 8.58. The summed E-state index contributed by atoms with van der Waals surface area (Å²) in [6.07, 6.45) is 6.18. The van der Waals surface area contributed by atoms with Gasteiger partial charge in [-0.15, -0.1) is 0 Å². The molecule has 210 valence electrons. The Bertz CT molecular complexity index is 1400. The molecule has 0 radical (unpaired) electrons. The van der Waals surface area contributed by atoms with Gasteiger partial charge in [0.1, 0.15) is 28.7 Å². The Labute approximate surface area is 272 Å². The lowest BCUT2D eigenvalue weighted by Gasteiger charge is -2.59. The molecule has 0 N–H and O–H groups in total. The van der Waals surface area contributed by atoms with E-state index in [0.717, 1.165) is 36.0 Å². The summed E-state index contributed by atoms with van der Waals surface area (Å²) >= 11 is 4.07. The molecule has 0 amide bonds. The van der Waals surface area contributed by atoms with Crippen molar-refractivity contribution in [3.05, 3.63) is 80.3 Å². The van der Waals surface area contributed by atoms with Gasteiger partial charge in [-0.05, 0) is 169 Å². The average Bonchev–Trinajstić information content (AvgIpc) is 2.91. The summed E-state index contributed by atoms with van der Waals surface area (Å²) in [5, 5.41) is 0. The van der Waals surface area contributed by atoms with Gasteiger partial charge < -0.3 is 14.2 Å². The highest BCUT2D eigenvalue weighted by Gasteiger charge is 2.57. The number of esters is 1. The maximum Gasteiger partial charge on any atom is 0.358 e. The number of rotatable bonds is 8. The highest BCUT2D eigenvalue weighted by Crippen LogP contribution is 2.59. The van der Waals surface area contributed by atoms with Crippen LogP contribution in [0.15, 0.2) is 54.6 Å². The van der Waals surface area contributed by atoms with Gasteiger partial charge in [-0.3, -0.25) is 0 Å². The zero-order valence-corrected chi connectivity index (χ0v) is 28.9. The van der Waals surface area contributed by atoms with Crippen LogP contribution in [0.5, 0.6) is 17.2 Å². The Hall–Kier alpha value is -1.15. The lowest BCUT2D eigenvalue weighted by molar-refractivity contribution is -0.598. The van der Waals surface area contributed by atoms with Crippen LogP contribution in [0, 0.1) is 50.7 Å². The van der Waals surface area contributed by atoms with Crippen molar-refractivity contribution in [1.82, 2.24) is 0 Å². The van der Waals surface area contributed by atoms with Crippen LogP contribution in [-0.2, 0) is 9.53 Å². The van der Waals surface area contributed by atoms with Crippen molar-refractivity contribution < 1.29 is 44.6 Å². The Morgan fingerprint density at radius 2 is 1.55 bits per heavy atom. The molecule has 4 fully saturated rings. The number of benzene rings is 3. The molecular weight excluding hydrogens is 848 g/mol. The van der Waals surface area contributed by atoms with E-state index in [2.05, 4.69) is 65.1 Å². The summed E-state index contributed by atoms with van der Waals surface area (Å²) in [4.78, 5) is 12.9. The Morgan fingerprint density at radius 1 is 0.925 bits per heavy atom. The molecular formula is C32H31FI3O4+. The fraction of sp³-hybridized carbons (Fsp3) is 0.406. The third-order valence-corrected chi connectivity index (χ3v) is 13.6. The van der Waals surface area contributed by atoms with Crippen molar-refractivity contribution in [2.45, 2.75) is 51.6 Å². The summed E-state index contributed by atoms with van der Waals surface area (Å²) in [7, 11) is 0. The number of carbonyl (C=O) groups is 1. The van der Waals surface area contributed by atoms with Crippen LogP contribution in [-0.4, -0.2) is 18.2 Å². The van der Waals surface area contributed by atoms with Crippen LogP contribution in [0.3, 0.4) is 0 Å². The second-order valence-electron chi connectivity index (χ2n) is 11.5. The van der Waals surface area contributed by atoms with E-state index in [4.69, 9.17) is 14.2 Å². The second kappa shape index (κ2) is 11.9. The van der Waals surface area contributed by atoms with Crippen molar-refractivity contribution in [1.29, 1.82) is 0 Å². The van der Waals surface area contributed by atoms with E-state index in [9.17, 15) is 9.18 Å². The van der Waals surface area contributed by atoms with Gasteiger partial charge in [-0.2, -0.15) is 0 Å². The summed E-state index contributed by atoms with van der Waals surface area (Å²) in [5.74, 6) is 4.32. The third-order valence-electron chi connectivity index (χ3n) is 8.80. The molecule has 0 saturated heterocycles. The predicted octanol–water partition coefficient (Wildman–Crippen LogP) is 5.40. The van der Waals surface area contributed by atoms with Crippen LogP contribution in [0.25, 0.3) is 0 Å². The summed E-state index contributed by atoms with van der Waals surface area (Å²) in [6, 6.07) is 16.8. The largest absolute Gasteiger partial charge is 0.481 e. The predicted molar refractivity (Wildman–Crippen MR) is 164 cm³/mol. The number of hydrogen-bond donors (Lipinski definition) is 0. The van der Waals surface area contributed by atoms with Crippen LogP contribution >= 0.6 is 45.2 Å². The third kappa shape index (κ3) is 6.14. The van der Waals surface area contributed by atoms with Crippen LogP contribution in [0.2, 0.25) is 0 Å². The molecule has 4 bridgehead atoms. The quantitative estimate of drug-likeness (QED) is 0.225. The average molecular weight is 879 g/mol. The molecule has 0 heterocycles. The molecule has 0 spiro atoms. The number of carbonyl (C=O) groups excluding carboxylic acids is 1. The van der Waals surface area contributed by atoms with Gasteiger partial charge in [0, 0.05) is 5.56 Å². The number of aryl methyl sites for hydroxylation is 1. The first-order valence-electron chi connectivity index (χ1n) is 13.7. The molecule has 3 aromatic rings. The zero-order chi connectivity index (χ0) is 28.0. The molecule has 4 aliphatic rings. The van der Waals surface area contributed by atoms with E-state index < -0.39 is 21.2 Å². The monoisotopic (exact) mass is 879 g/mol. The molecule has 3 aromatic carbocycles. The van der Waals surface area contributed by atoms with Crippen molar-refractivity contribution in [2.24, 2.45) is 23.7 Å². The highest BCUT2D eigenvalue weighted by atomic mass is 127. The summed E-state index contributed by atoms with van der Waals surface area (Å²) < 4.78 is 35.8. The number of hydrogen-bond acceptors (Lipinski definition) is 4. The molecule has 0 atom stereocenters. The van der Waals surface area contributed by atoms with E-state index in [1.54, 1.807) is 0 Å². The van der Waals surface area contributed by atoms with Crippen LogP contribution in [0.1, 0.15) is 44.6 Å². The topological polar surface area (TPSA) is 44.8 Å². The lowest BCUT2D eigenvalue weighted by atomic mass is 9.50. The van der Waals surface area contributed by atoms with Gasteiger partial charge in [0.2, 0.25) is 0 Å². The van der Waals surface area contributed by atoms with Crippen molar-refractivity contribution in [2.75, 3.05) is 6.61 Å². The normalized spacial score (nSPS) is 26.5. The first-order chi connectivity index (χ1) is 19.2. The minimum Gasteiger partial charge on any atom is -0.481 e. The lowest BCUT2D eigenvalue weighted by Crippen LogP contribution is -3.61. The molecule has 4 saturated carbocycles.